The number of nitrogens with zero attached hydrogens (tertiary/aromatic N) is 1. The Morgan fingerprint density at radius 3 is 2.87 bits per heavy atom. The quantitative estimate of drug-likeness (QED) is 0.700. The highest BCUT2D eigenvalue weighted by Gasteiger charge is 2.08. The first kappa shape index (κ1) is 9.65. The maximum atomic E-state index is 10.9. The van der Waals surface area contributed by atoms with Crippen molar-refractivity contribution in [1.82, 2.24) is 4.98 Å². The minimum absolute atomic E-state index is 0.555. The van der Waals surface area contributed by atoms with Crippen molar-refractivity contribution in [3.63, 3.8) is 0 Å². The molecule has 3 heteroatoms. The first-order chi connectivity index (χ1) is 7.27. The number of aldehydes is 1. The summed E-state index contributed by atoms with van der Waals surface area (Å²) in [7, 11) is 1.57. The van der Waals surface area contributed by atoms with Gasteiger partial charge in [-0.05, 0) is 18.6 Å². The van der Waals surface area contributed by atoms with Gasteiger partial charge in [0.05, 0.1) is 7.11 Å². The van der Waals surface area contributed by atoms with Crippen LogP contribution in [0.15, 0.2) is 24.4 Å². The number of pyridine rings is 1. The van der Waals surface area contributed by atoms with E-state index in [0.717, 1.165) is 22.6 Å². The summed E-state index contributed by atoms with van der Waals surface area (Å²) in [6, 6.07) is 5.80. The van der Waals surface area contributed by atoms with Gasteiger partial charge in [-0.2, -0.15) is 0 Å². The third-order valence-electron chi connectivity index (χ3n) is 2.43. The number of hydrogen-bond donors (Lipinski definition) is 0. The summed E-state index contributed by atoms with van der Waals surface area (Å²) in [6.45, 7) is 1.97. The first-order valence-electron chi connectivity index (χ1n) is 4.65. The van der Waals surface area contributed by atoms with E-state index in [1.165, 1.54) is 0 Å². The lowest BCUT2D eigenvalue weighted by Crippen LogP contribution is -1.94. The summed E-state index contributed by atoms with van der Waals surface area (Å²) in [5, 5.41) is 1.79. The van der Waals surface area contributed by atoms with Gasteiger partial charge in [-0.15, -0.1) is 0 Å². The Balaban J connectivity index is 2.92. The summed E-state index contributed by atoms with van der Waals surface area (Å²) in [5.41, 5.74) is 1.65. The zero-order chi connectivity index (χ0) is 10.8. The molecule has 0 bridgehead atoms. The number of carbonyl (C=O) groups excluding carboxylic acids is 1. The molecule has 0 aliphatic heterocycles. The molecule has 2 rings (SSSR count). The van der Waals surface area contributed by atoms with E-state index in [0.29, 0.717) is 11.4 Å². The molecule has 0 aliphatic carbocycles. The van der Waals surface area contributed by atoms with Crippen molar-refractivity contribution in [1.29, 1.82) is 0 Å². The number of aryl methyl sites for hydroxylation is 1. The van der Waals surface area contributed by atoms with Crippen LogP contribution in [0.25, 0.3) is 10.8 Å². The maximum Gasteiger partial charge on any atom is 0.221 e. The lowest BCUT2D eigenvalue weighted by Gasteiger charge is -2.07. The van der Waals surface area contributed by atoms with Gasteiger partial charge in [0, 0.05) is 22.5 Å². The van der Waals surface area contributed by atoms with Crippen LogP contribution in [-0.2, 0) is 0 Å². The highest BCUT2D eigenvalue weighted by atomic mass is 16.5. The number of rotatable bonds is 2. The average Bonchev–Trinajstić information content (AvgIpc) is 2.28. The van der Waals surface area contributed by atoms with E-state index < -0.39 is 0 Å². The van der Waals surface area contributed by atoms with Crippen LogP contribution in [0.2, 0.25) is 0 Å². The van der Waals surface area contributed by atoms with Gasteiger partial charge in [-0.1, -0.05) is 12.1 Å². The fourth-order valence-electron chi connectivity index (χ4n) is 1.74. The van der Waals surface area contributed by atoms with Crippen molar-refractivity contribution in [2.75, 3.05) is 7.11 Å². The molecule has 3 nitrogen and oxygen atoms in total. The summed E-state index contributed by atoms with van der Waals surface area (Å²) in [6.07, 6.45) is 2.36. The zero-order valence-electron chi connectivity index (χ0n) is 8.65. The molecule has 0 N–H and O–H groups in total. The third kappa shape index (κ3) is 1.46. The van der Waals surface area contributed by atoms with E-state index >= 15 is 0 Å². The molecule has 0 fully saturated rings. The third-order valence-corrected chi connectivity index (χ3v) is 2.43. The smallest absolute Gasteiger partial charge is 0.221 e. The van der Waals surface area contributed by atoms with Gasteiger partial charge in [-0.25, -0.2) is 4.98 Å². The molecular formula is C12H11NO2. The first-order valence-corrected chi connectivity index (χ1v) is 4.65. The van der Waals surface area contributed by atoms with Gasteiger partial charge in [0.15, 0.2) is 6.29 Å². The summed E-state index contributed by atoms with van der Waals surface area (Å²) >= 11 is 0. The van der Waals surface area contributed by atoms with Crippen LogP contribution >= 0.6 is 0 Å². The monoisotopic (exact) mass is 201 g/mol. The van der Waals surface area contributed by atoms with Crippen molar-refractivity contribution >= 4 is 17.1 Å². The Morgan fingerprint density at radius 1 is 1.40 bits per heavy atom. The van der Waals surface area contributed by atoms with Gasteiger partial charge < -0.3 is 4.74 Å². The highest BCUT2D eigenvalue weighted by Crippen LogP contribution is 2.27. The minimum atomic E-state index is 0.555. The highest BCUT2D eigenvalue weighted by molar-refractivity contribution is 6.01. The summed E-state index contributed by atoms with van der Waals surface area (Å²) < 4.78 is 5.15. The van der Waals surface area contributed by atoms with Crippen molar-refractivity contribution in [3.05, 3.63) is 35.5 Å². The molecule has 2 aromatic rings. The number of benzene rings is 1. The topological polar surface area (TPSA) is 39.2 Å². The molecule has 0 radical (unpaired) electrons. The molecule has 0 saturated heterocycles. The number of fused-ring (bicyclic) bond motifs is 1. The SMILES string of the molecule is COc1ncc(C=O)c2c(C)cccc12. The second kappa shape index (κ2) is 3.69. The van der Waals surface area contributed by atoms with Crippen molar-refractivity contribution in [3.8, 4) is 5.88 Å². The molecule has 1 aromatic heterocycles. The lowest BCUT2D eigenvalue weighted by molar-refractivity contribution is 0.112. The van der Waals surface area contributed by atoms with Crippen LogP contribution in [-0.4, -0.2) is 18.4 Å². The molecule has 0 atom stereocenters. The van der Waals surface area contributed by atoms with Gasteiger partial charge >= 0.3 is 0 Å². The fraction of sp³-hybridized carbons (Fsp3) is 0.167. The molecule has 0 spiro atoms. The second-order valence-electron chi connectivity index (χ2n) is 3.34. The van der Waals surface area contributed by atoms with Crippen LogP contribution < -0.4 is 4.74 Å². The molecule has 0 amide bonds. The summed E-state index contributed by atoms with van der Waals surface area (Å²) in [5.74, 6) is 0.555. The molecular weight excluding hydrogens is 190 g/mol. The van der Waals surface area contributed by atoms with E-state index in [2.05, 4.69) is 4.98 Å². The molecule has 0 aliphatic rings. The van der Waals surface area contributed by atoms with Crippen molar-refractivity contribution in [2.24, 2.45) is 0 Å². The average molecular weight is 201 g/mol. The van der Waals surface area contributed by atoms with Gasteiger partial charge in [0.2, 0.25) is 5.88 Å². The van der Waals surface area contributed by atoms with E-state index in [-0.39, 0.29) is 0 Å². The lowest BCUT2D eigenvalue weighted by atomic mass is 10.0. The van der Waals surface area contributed by atoms with Crippen LogP contribution in [0.4, 0.5) is 0 Å². The Morgan fingerprint density at radius 2 is 2.20 bits per heavy atom. The Bertz CT molecular complexity index is 520. The predicted molar refractivity (Wildman–Crippen MR) is 58.4 cm³/mol. The van der Waals surface area contributed by atoms with Crippen molar-refractivity contribution < 1.29 is 9.53 Å². The van der Waals surface area contributed by atoms with Gasteiger partial charge in [0.25, 0.3) is 0 Å². The molecule has 0 saturated carbocycles. The summed E-state index contributed by atoms with van der Waals surface area (Å²) in [4.78, 5) is 15.0. The van der Waals surface area contributed by atoms with E-state index in [1.807, 2.05) is 25.1 Å². The van der Waals surface area contributed by atoms with Crippen LogP contribution in [0.3, 0.4) is 0 Å². The predicted octanol–water partition coefficient (Wildman–Crippen LogP) is 2.36. The fourth-order valence-corrected chi connectivity index (χ4v) is 1.74. The number of ether oxygens (including phenoxy) is 1. The largest absolute Gasteiger partial charge is 0.481 e. The second-order valence-corrected chi connectivity index (χ2v) is 3.34. The van der Waals surface area contributed by atoms with Gasteiger partial charge in [-0.3, -0.25) is 4.79 Å². The normalized spacial score (nSPS) is 10.3. The van der Waals surface area contributed by atoms with Gasteiger partial charge in [0.1, 0.15) is 0 Å². The van der Waals surface area contributed by atoms with Crippen molar-refractivity contribution in [2.45, 2.75) is 6.92 Å². The Hall–Kier alpha value is -1.90. The molecule has 76 valence electrons. The van der Waals surface area contributed by atoms with E-state index in [9.17, 15) is 4.79 Å². The standard InChI is InChI=1S/C12H11NO2/c1-8-4-3-5-10-11(8)9(7-14)6-13-12(10)15-2/h3-7H,1-2H3. The van der Waals surface area contributed by atoms with Crippen LogP contribution in [0, 0.1) is 6.92 Å². The molecule has 1 heterocycles. The number of methoxy groups -OCH3 is 1. The number of hydrogen-bond acceptors (Lipinski definition) is 3. The molecule has 0 unspecified atom stereocenters. The van der Waals surface area contributed by atoms with E-state index in [1.54, 1.807) is 13.3 Å². The minimum Gasteiger partial charge on any atom is -0.481 e. The molecule has 15 heavy (non-hydrogen) atoms. The molecule has 1 aromatic carbocycles. The number of aromatic nitrogens is 1. The zero-order valence-corrected chi connectivity index (χ0v) is 8.65. The van der Waals surface area contributed by atoms with Crippen LogP contribution in [0.5, 0.6) is 5.88 Å². The van der Waals surface area contributed by atoms with E-state index in [4.69, 9.17) is 4.74 Å². The Kier molecular flexibility index (Phi) is 2.37. The Labute approximate surface area is 87.7 Å². The maximum absolute atomic E-state index is 10.9. The number of carbonyl (C=O) groups is 1. The van der Waals surface area contributed by atoms with Crippen LogP contribution in [0.1, 0.15) is 15.9 Å².